The van der Waals surface area contributed by atoms with E-state index in [0.717, 1.165) is 13.0 Å². The van der Waals surface area contributed by atoms with Crippen molar-refractivity contribution in [3.05, 3.63) is 0 Å². The van der Waals surface area contributed by atoms with Crippen LogP contribution in [0.1, 0.15) is 40.0 Å². The van der Waals surface area contributed by atoms with Crippen molar-refractivity contribution in [3.63, 3.8) is 0 Å². The molecular formula is C12H25NO2. The topological polar surface area (TPSA) is 29.5 Å². The van der Waals surface area contributed by atoms with Gasteiger partial charge in [-0.25, -0.2) is 0 Å². The Morgan fingerprint density at radius 1 is 1.27 bits per heavy atom. The molecule has 0 N–H and O–H groups in total. The molecule has 3 heteroatoms. The zero-order valence-electron chi connectivity index (χ0n) is 10.6. The van der Waals surface area contributed by atoms with Crippen molar-refractivity contribution in [1.29, 1.82) is 0 Å². The Morgan fingerprint density at radius 2 is 1.93 bits per heavy atom. The van der Waals surface area contributed by atoms with Crippen LogP contribution in [0.25, 0.3) is 0 Å². The molecule has 15 heavy (non-hydrogen) atoms. The molecule has 0 heterocycles. The molecule has 0 atom stereocenters. The Morgan fingerprint density at radius 3 is 2.47 bits per heavy atom. The van der Waals surface area contributed by atoms with E-state index in [1.807, 2.05) is 20.9 Å². The normalized spacial score (nSPS) is 10.7. The smallest absolute Gasteiger partial charge is 0.224 e. The highest BCUT2D eigenvalue weighted by Crippen LogP contribution is 1.99. The van der Waals surface area contributed by atoms with Crippen LogP contribution in [0, 0.1) is 5.92 Å². The minimum Gasteiger partial charge on any atom is -0.380 e. The summed E-state index contributed by atoms with van der Waals surface area (Å²) in [5.74, 6) is 0.266. The molecule has 0 fully saturated rings. The van der Waals surface area contributed by atoms with Crippen LogP contribution in [0.4, 0.5) is 0 Å². The van der Waals surface area contributed by atoms with E-state index in [9.17, 15) is 4.79 Å². The van der Waals surface area contributed by atoms with E-state index < -0.39 is 0 Å². The van der Waals surface area contributed by atoms with Crippen molar-refractivity contribution < 1.29 is 9.53 Å². The molecule has 0 aliphatic rings. The van der Waals surface area contributed by atoms with Gasteiger partial charge < -0.3 is 9.64 Å². The van der Waals surface area contributed by atoms with Gasteiger partial charge in [-0.05, 0) is 6.42 Å². The van der Waals surface area contributed by atoms with Gasteiger partial charge >= 0.3 is 0 Å². The molecule has 90 valence electrons. The summed E-state index contributed by atoms with van der Waals surface area (Å²) in [5, 5.41) is 0. The van der Waals surface area contributed by atoms with E-state index in [1.165, 1.54) is 12.8 Å². The molecule has 0 aliphatic heterocycles. The van der Waals surface area contributed by atoms with Gasteiger partial charge in [-0.2, -0.15) is 0 Å². The largest absolute Gasteiger partial charge is 0.380 e. The molecule has 0 rings (SSSR count). The third-order valence-corrected chi connectivity index (χ3v) is 2.33. The first-order valence-electron chi connectivity index (χ1n) is 5.92. The number of hydrogen-bond acceptors (Lipinski definition) is 2. The number of ether oxygens (including phenoxy) is 1. The Labute approximate surface area is 93.8 Å². The molecule has 0 spiro atoms. The van der Waals surface area contributed by atoms with E-state index in [2.05, 4.69) is 6.92 Å². The molecule has 0 aromatic rings. The first-order valence-corrected chi connectivity index (χ1v) is 5.92. The molecule has 0 saturated heterocycles. The number of carbonyl (C=O) groups excluding carboxylic acids is 1. The van der Waals surface area contributed by atoms with E-state index in [-0.39, 0.29) is 11.8 Å². The Bertz CT molecular complexity index is 169. The van der Waals surface area contributed by atoms with Gasteiger partial charge in [0.25, 0.3) is 0 Å². The molecule has 1 amide bonds. The van der Waals surface area contributed by atoms with Gasteiger partial charge in [0.1, 0.15) is 0 Å². The second-order valence-corrected chi connectivity index (χ2v) is 4.23. The SMILES string of the molecule is CCCCCOCCN(C)C(=O)C(C)C. The molecular weight excluding hydrogens is 190 g/mol. The van der Waals surface area contributed by atoms with Crippen LogP contribution in [0.5, 0.6) is 0 Å². The Balaban J connectivity index is 3.39. The maximum absolute atomic E-state index is 11.5. The third kappa shape index (κ3) is 7.37. The first-order chi connectivity index (χ1) is 7.09. The molecule has 0 aromatic heterocycles. The highest BCUT2D eigenvalue weighted by molar-refractivity contribution is 5.77. The minimum atomic E-state index is 0.0788. The summed E-state index contributed by atoms with van der Waals surface area (Å²) in [5.41, 5.74) is 0. The summed E-state index contributed by atoms with van der Waals surface area (Å²) in [6.07, 6.45) is 3.56. The van der Waals surface area contributed by atoms with Gasteiger partial charge in [0, 0.05) is 26.1 Å². The lowest BCUT2D eigenvalue weighted by Crippen LogP contribution is -2.33. The summed E-state index contributed by atoms with van der Waals surface area (Å²) in [6.45, 7) is 8.18. The highest BCUT2D eigenvalue weighted by atomic mass is 16.5. The molecule has 0 aromatic carbocycles. The number of rotatable bonds is 8. The van der Waals surface area contributed by atoms with E-state index >= 15 is 0 Å². The van der Waals surface area contributed by atoms with Crippen LogP contribution in [0.3, 0.4) is 0 Å². The predicted octanol–water partition coefficient (Wildman–Crippen LogP) is 2.31. The first kappa shape index (κ1) is 14.4. The van der Waals surface area contributed by atoms with Gasteiger partial charge in [-0.3, -0.25) is 4.79 Å². The Hall–Kier alpha value is -0.570. The van der Waals surface area contributed by atoms with Crippen molar-refractivity contribution in [3.8, 4) is 0 Å². The molecule has 3 nitrogen and oxygen atoms in total. The average Bonchev–Trinajstić information content (AvgIpc) is 2.21. The molecule has 0 unspecified atom stereocenters. The van der Waals surface area contributed by atoms with Crippen LogP contribution in [0.2, 0.25) is 0 Å². The quantitative estimate of drug-likeness (QED) is 0.581. The van der Waals surface area contributed by atoms with Crippen LogP contribution >= 0.6 is 0 Å². The van der Waals surface area contributed by atoms with Crippen molar-refractivity contribution >= 4 is 5.91 Å². The number of carbonyl (C=O) groups is 1. The lowest BCUT2D eigenvalue weighted by Gasteiger charge is -2.19. The highest BCUT2D eigenvalue weighted by Gasteiger charge is 2.11. The number of likely N-dealkylation sites (N-methyl/N-ethyl adjacent to an activating group) is 1. The minimum absolute atomic E-state index is 0.0788. The molecule has 0 aliphatic carbocycles. The van der Waals surface area contributed by atoms with Crippen molar-refractivity contribution in [1.82, 2.24) is 4.90 Å². The van der Waals surface area contributed by atoms with Gasteiger partial charge in [-0.1, -0.05) is 33.6 Å². The monoisotopic (exact) mass is 215 g/mol. The maximum atomic E-state index is 11.5. The molecule has 0 radical (unpaired) electrons. The van der Waals surface area contributed by atoms with E-state index in [4.69, 9.17) is 4.74 Å². The zero-order valence-corrected chi connectivity index (χ0v) is 10.6. The Kier molecular flexibility index (Phi) is 8.38. The summed E-state index contributed by atoms with van der Waals surface area (Å²) in [7, 11) is 1.83. The maximum Gasteiger partial charge on any atom is 0.224 e. The second kappa shape index (κ2) is 8.72. The fourth-order valence-corrected chi connectivity index (χ4v) is 1.31. The summed E-state index contributed by atoms with van der Waals surface area (Å²) >= 11 is 0. The number of nitrogens with zero attached hydrogens (tertiary/aromatic N) is 1. The fourth-order valence-electron chi connectivity index (χ4n) is 1.31. The van der Waals surface area contributed by atoms with Crippen LogP contribution in [-0.2, 0) is 9.53 Å². The van der Waals surface area contributed by atoms with Crippen molar-refractivity contribution in [2.75, 3.05) is 26.8 Å². The molecule has 0 saturated carbocycles. The van der Waals surface area contributed by atoms with Gasteiger partial charge in [0.2, 0.25) is 5.91 Å². The fraction of sp³-hybridized carbons (Fsp3) is 0.917. The average molecular weight is 215 g/mol. The lowest BCUT2D eigenvalue weighted by atomic mass is 10.2. The van der Waals surface area contributed by atoms with Crippen LogP contribution < -0.4 is 0 Å². The predicted molar refractivity (Wildman–Crippen MR) is 62.8 cm³/mol. The van der Waals surface area contributed by atoms with E-state index in [1.54, 1.807) is 4.90 Å². The summed E-state index contributed by atoms with van der Waals surface area (Å²) in [6, 6.07) is 0. The summed E-state index contributed by atoms with van der Waals surface area (Å²) < 4.78 is 5.44. The standard InChI is InChI=1S/C12H25NO2/c1-5-6-7-9-15-10-8-13(4)12(14)11(2)3/h11H,5-10H2,1-4H3. The second-order valence-electron chi connectivity index (χ2n) is 4.23. The summed E-state index contributed by atoms with van der Waals surface area (Å²) in [4.78, 5) is 13.2. The van der Waals surface area contributed by atoms with Crippen molar-refractivity contribution in [2.45, 2.75) is 40.0 Å². The van der Waals surface area contributed by atoms with Crippen LogP contribution in [0.15, 0.2) is 0 Å². The van der Waals surface area contributed by atoms with Gasteiger partial charge in [-0.15, -0.1) is 0 Å². The third-order valence-electron chi connectivity index (χ3n) is 2.33. The lowest BCUT2D eigenvalue weighted by molar-refractivity contribution is -0.133. The number of unbranched alkanes of at least 4 members (excludes halogenated alkanes) is 2. The number of hydrogen-bond donors (Lipinski definition) is 0. The molecule has 0 bridgehead atoms. The van der Waals surface area contributed by atoms with Crippen LogP contribution in [-0.4, -0.2) is 37.6 Å². The van der Waals surface area contributed by atoms with Gasteiger partial charge in [0.15, 0.2) is 0 Å². The van der Waals surface area contributed by atoms with E-state index in [0.29, 0.717) is 13.2 Å². The number of amides is 1. The zero-order chi connectivity index (χ0) is 11.7. The van der Waals surface area contributed by atoms with Gasteiger partial charge in [0.05, 0.1) is 6.61 Å². The van der Waals surface area contributed by atoms with Crippen molar-refractivity contribution in [2.24, 2.45) is 5.92 Å².